The van der Waals surface area contributed by atoms with Gasteiger partial charge in [-0.05, 0) is 32.6 Å². The highest BCUT2D eigenvalue weighted by molar-refractivity contribution is 5.40. The Morgan fingerprint density at radius 2 is 2.33 bits per heavy atom. The van der Waals surface area contributed by atoms with Crippen molar-refractivity contribution in [3.8, 4) is 5.88 Å². The standard InChI is InChI=1S/C12H17N3O3/c1-8-7-14-12(6-11(8)15(16)17)18-10-4-2-3-9(13)5-10/h6-7,9-10H,2-5,13H2,1H3. The summed E-state index contributed by atoms with van der Waals surface area (Å²) in [5.41, 5.74) is 6.45. The second-order valence-corrected chi connectivity index (χ2v) is 4.73. The fourth-order valence-corrected chi connectivity index (χ4v) is 2.21. The maximum Gasteiger partial charge on any atom is 0.279 e. The van der Waals surface area contributed by atoms with E-state index in [2.05, 4.69) is 4.98 Å². The molecular formula is C12H17N3O3. The third-order valence-corrected chi connectivity index (χ3v) is 3.20. The van der Waals surface area contributed by atoms with Crippen molar-refractivity contribution in [1.82, 2.24) is 4.98 Å². The molecule has 2 rings (SSSR count). The lowest BCUT2D eigenvalue weighted by Crippen LogP contribution is -2.33. The zero-order valence-corrected chi connectivity index (χ0v) is 10.3. The van der Waals surface area contributed by atoms with Gasteiger partial charge in [0.2, 0.25) is 5.88 Å². The molecule has 0 bridgehead atoms. The summed E-state index contributed by atoms with van der Waals surface area (Å²) in [7, 11) is 0. The average Bonchev–Trinajstić information content (AvgIpc) is 2.31. The van der Waals surface area contributed by atoms with E-state index in [0.29, 0.717) is 11.4 Å². The van der Waals surface area contributed by atoms with Crippen molar-refractivity contribution in [2.75, 3.05) is 0 Å². The Labute approximate surface area is 105 Å². The van der Waals surface area contributed by atoms with E-state index in [1.54, 1.807) is 6.92 Å². The summed E-state index contributed by atoms with van der Waals surface area (Å²) in [4.78, 5) is 14.5. The predicted octanol–water partition coefficient (Wildman–Crippen LogP) is 1.95. The quantitative estimate of drug-likeness (QED) is 0.654. The smallest absolute Gasteiger partial charge is 0.279 e. The second-order valence-electron chi connectivity index (χ2n) is 4.73. The SMILES string of the molecule is Cc1cnc(OC2CCCC(N)C2)cc1[N+](=O)[O-]. The molecule has 2 N–H and O–H groups in total. The number of ether oxygens (including phenoxy) is 1. The average molecular weight is 251 g/mol. The van der Waals surface area contributed by atoms with Crippen LogP contribution in [0.15, 0.2) is 12.3 Å². The monoisotopic (exact) mass is 251 g/mol. The van der Waals surface area contributed by atoms with Crippen LogP contribution in [0.5, 0.6) is 5.88 Å². The topological polar surface area (TPSA) is 91.3 Å². The van der Waals surface area contributed by atoms with Crippen LogP contribution < -0.4 is 10.5 Å². The minimum absolute atomic E-state index is 0.0172. The summed E-state index contributed by atoms with van der Waals surface area (Å²) in [5, 5.41) is 10.8. The normalized spacial score (nSPS) is 23.7. The number of hydrogen-bond acceptors (Lipinski definition) is 5. The first-order valence-corrected chi connectivity index (χ1v) is 6.09. The van der Waals surface area contributed by atoms with Gasteiger partial charge < -0.3 is 10.5 Å². The van der Waals surface area contributed by atoms with Gasteiger partial charge in [-0.15, -0.1) is 0 Å². The molecule has 1 aromatic heterocycles. The molecule has 1 saturated carbocycles. The van der Waals surface area contributed by atoms with Crippen LogP contribution in [0.4, 0.5) is 5.69 Å². The number of aryl methyl sites for hydroxylation is 1. The Hall–Kier alpha value is -1.69. The van der Waals surface area contributed by atoms with Crippen LogP contribution in [-0.2, 0) is 0 Å². The molecule has 6 heteroatoms. The lowest BCUT2D eigenvalue weighted by molar-refractivity contribution is -0.385. The molecule has 0 amide bonds. The molecule has 2 atom stereocenters. The maximum atomic E-state index is 10.8. The highest BCUT2D eigenvalue weighted by Gasteiger charge is 2.22. The van der Waals surface area contributed by atoms with Crippen molar-refractivity contribution >= 4 is 5.69 Å². The Morgan fingerprint density at radius 1 is 1.56 bits per heavy atom. The van der Waals surface area contributed by atoms with E-state index >= 15 is 0 Å². The number of nitrogens with two attached hydrogens (primary N) is 1. The van der Waals surface area contributed by atoms with Crippen LogP contribution in [0, 0.1) is 17.0 Å². The molecule has 98 valence electrons. The third kappa shape index (κ3) is 2.95. The Bertz CT molecular complexity index is 450. The molecule has 0 radical (unpaired) electrons. The van der Waals surface area contributed by atoms with Crippen molar-refractivity contribution in [2.45, 2.75) is 44.8 Å². The van der Waals surface area contributed by atoms with E-state index < -0.39 is 4.92 Å². The van der Waals surface area contributed by atoms with Gasteiger partial charge in [0.25, 0.3) is 5.69 Å². The summed E-state index contributed by atoms with van der Waals surface area (Å²) in [5.74, 6) is 0.311. The van der Waals surface area contributed by atoms with Gasteiger partial charge in [-0.25, -0.2) is 4.98 Å². The highest BCUT2D eigenvalue weighted by Crippen LogP contribution is 2.25. The largest absolute Gasteiger partial charge is 0.474 e. The number of hydrogen-bond donors (Lipinski definition) is 1. The maximum absolute atomic E-state index is 10.8. The van der Waals surface area contributed by atoms with Gasteiger partial charge >= 0.3 is 0 Å². The van der Waals surface area contributed by atoms with E-state index in [4.69, 9.17) is 10.5 Å². The summed E-state index contributed by atoms with van der Waals surface area (Å²) in [6, 6.07) is 1.54. The van der Waals surface area contributed by atoms with Gasteiger partial charge in [-0.1, -0.05) is 0 Å². The van der Waals surface area contributed by atoms with Gasteiger partial charge in [-0.3, -0.25) is 10.1 Å². The van der Waals surface area contributed by atoms with Crippen LogP contribution in [0.2, 0.25) is 0 Å². The van der Waals surface area contributed by atoms with Crippen LogP contribution in [-0.4, -0.2) is 22.1 Å². The molecule has 0 spiro atoms. The summed E-state index contributed by atoms with van der Waals surface area (Å²) in [6.07, 6.45) is 5.24. The molecule has 1 aromatic rings. The number of nitrogens with zero attached hydrogens (tertiary/aromatic N) is 2. The summed E-state index contributed by atoms with van der Waals surface area (Å²) in [6.45, 7) is 1.66. The molecule has 1 heterocycles. The van der Waals surface area contributed by atoms with E-state index in [1.807, 2.05) is 0 Å². The van der Waals surface area contributed by atoms with Crippen molar-refractivity contribution in [3.63, 3.8) is 0 Å². The van der Waals surface area contributed by atoms with E-state index in [-0.39, 0.29) is 17.8 Å². The first kappa shape index (κ1) is 12.8. The number of pyridine rings is 1. The number of nitro groups is 1. The number of rotatable bonds is 3. The summed E-state index contributed by atoms with van der Waals surface area (Å²) >= 11 is 0. The van der Waals surface area contributed by atoms with Crippen LogP contribution in [0.25, 0.3) is 0 Å². The van der Waals surface area contributed by atoms with Gasteiger partial charge in [0, 0.05) is 17.8 Å². The lowest BCUT2D eigenvalue weighted by atomic mass is 9.94. The molecule has 1 fully saturated rings. The molecule has 1 aliphatic carbocycles. The Morgan fingerprint density at radius 3 is 3.00 bits per heavy atom. The first-order chi connectivity index (χ1) is 8.56. The third-order valence-electron chi connectivity index (χ3n) is 3.20. The predicted molar refractivity (Wildman–Crippen MR) is 66.5 cm³/mol. The van der Waals surface area contributed by atoms with Crippen molar-refractivity contribution < 1.29 is 9.66 Å². The molecule has 0 aliphatic heterocycles. The lowest BCUT2D eigenvalue weighted by Gasteiger charge is -2.26. The van der Waals surface area contributed by atoms with Gasteiger partial charge in [0.05, 0.1) is 11.0 Å². The zero-order valence-electron chi connectivity index (χ0n) is 10.3. The molecule has 1 aliphatic rings. The van der Waals surface area contributed by atoms with E-state index in [0.717, 1.165) is 25.7 Å². The summed E-state index contributed by atoms with van der Waals surface area (Å²) < 4.78 is 5.68. The van der Waals surface area contributed by atoms with Crippen LogP contribution in [0.1, 0.15) is 31.2 Å². The molecule has 0 aromatic carbocycles. The van der Waals surface area contributed by atoms with Crippen molar-refractivity contribution in [2.24, 2.45) is 5.73 Å². The zero-order chi connectivity index (χ0) is 13.1. The Balaban J connectivity index is 2.09. The fraction of sp³-hybridized carbons (Fsp3) is 0.583. The van der Waals surface area contributed by atoms with Gasteiger partial charge in [-0.2, -0.15) is 0 Å². The second kappa shape index (κ2) is 5.30. The van der Waals surface area contributed by atoms with E-state index in [1.165, 1.54) is 12.3 Å². The first-order valence-electron chi connectivity index (χ1n) is 6.09. The van der Waals surface area contributed by atoms with Gasteiger partial charge in [0.15, 0.2) is 0 Å². The molecule has 0 saturated heterocycles. The molecular weight excluding hydrogens is 234 g/mol. The molecule has 2 unspecified atom stereocenters. The minimum atomic E-state index is -0.420. The van der Waals surface area contributed by atoms with Crippen molar-refractivity contribution in [1.29, 1.82) is 0 Å². The van der Waals surface area contributed by atoms with Crippen LogP contribution >= 0.6 is 0 Å². The Kier molecular flexibility index (Phi) is 3.76. The van der Waals surface area contributed by atoms with Crippen LogP contribution in [0.3, 0.4) is 0 Å². The molecule has 6 nitrogen and oxygen atoms in total. The van der Waals surface area contributed by atoms with E-state index in [9.17, 15) is 10.1 Å². The fourth-order valence-electron chi connectivity index (χ4n) is 2.21. The molecule has 18 heavy (non-hydrogen) atoms. The number of aromatic nitrogens is 1. The minimum Gasteiger partial charge on any atom is -0.474 e. The highest BCUT2D eigenvalue weighted by atomic mass is 16.6. The van der Waals surface area contributed by atoms with Crippen molar-refractivity contribution in [3.05, 3.63) is 27.9 Å². The van der Waals surface area contributed by atoms with Gasteiger partial charge in [0.1, 0.15) is 6.10 Å².